The second-order valence-corrected chi connectivity index (χ2v) is 8.30. The molecule has 0 aliphatic carbocycles. The minimum atomic E-state index is -0.308. The van der Waals surface area contributed by atoms with E-state index in [1.807, 2.05) is 0 Å². The third kappa shape index (κ3) is 4.90. The summed E-state index contributed by atoms with van der Waals surface area (Å²) in [5.74, 6) is -0.754. The summed E-state index contributed by atoms with van der Waals surface area (Å²) >= 11 is 12.1. The molecule has 1 amide bonds. The highest BCUT2D eigenvalue weighted by molar-refractivity contribution is 6.36. The fraction of sp³-hybridized carbons (Fsp3) is 0.208. The summed E-state index contributed by atoms with van der Waals surface area (Å²) in [6, 6.07) is 17.4. The van der Waals surface area contributed by atoms with Gasteiger partial charge in [-0.2, -0.15) is 0 Å². The van der Waals surface area contributed by atoms with Crippen molar-refractivity contribution < 1.29 is 13.6 Å². The molecule has 3 aromatic rings. The third-order valence-electron chi connectivity index (χ3n) is 5.50. The first-order chi connectivity index (χ1) is 14.9. The average Bonchev–Trinajstić information content (AvgIpc) is 2.77. The number of carbonyl (C=O) groups excluding carboxylic acids is 1. The fourth-order valence-corrected chi connectivity index (χ4v) is 4.41. The number of hydrogen-bond acceptors (Lipinski definition) is 2. The van der Waals surface area contributed by atoms with Crippen LogP contribution in [0.1, 0.15) is 27.5 Å². The molecule has 7 heteroatoms. The maximum atomic E-state index is 13.5. The van der Waals surface area contributed by atoms with Crippen LogP contribution in [-0.4, -0.2) is 41.9 Å². The lowest BCUT2D eigenvalue weighted by Crippen LogP contribution is -2.49. The van der Waals surface area contributed by atoms with Crippen molar-refractivity contribution in [2.45, 2.75) is 6.04 Å². The standard InChI is InChI=1S/C24H20Cl2F2N2O/c25-18-5-10-21(22(26)15-18)24(31)30-13-11-29(12-14-30)23(16-1-6-19(27)7-2-16)17-3-8-20(28)9-4-17/h1-10,15,23H,11-14H2. The number of amides is 1. The Labute approximate surface area is 189 Å². The van der Waals surface area contributed by atoms with Crippen molar-refractivity contribution in [1.29, 1.82) is 0 Å². The largest absolute Gasteiger partial charge is 0.336 e. The van der Waals surface area contributed by atoms with Crippen LogP contribution < -0.4 is 0 Å². The van der Waals surface area contributed by atoms with Crippen LogP contribution in [0.4, 0.5) is 8.78 Å². The molecule has 3 aromatic carbocycles. The number of rotatable bonds is 4. The summed E-state index contributed by atoms with van der Waals surface area (Å²) in [7, 11) is 0. The van der Waals surface area contributed by atoms with Gasteiger partial charge in [-0.25, -0.2) is 8.78 Å². The van der Waals surface area contributed by atoms with Crippen LogP contribution in [0, 0.1) is 11.6 Å². The smallest absolute Gasteiger partial charge is 0.255 e. The van der Waals surface area contributed by atoms with Gasteiger partial charge in [0.05, 0.1) is 16.6 Å². The maximum Gasteiger partial charge on any atom is 0.255 e. The zero-order valence-electron chi connectivity index (χ0n) is 16.6. The quantitative estimate of drug-likeness (QED) is 0.489. The Bertz CT molecular complexity index is 1020. The SMILES string of the molecule is O=C(c1ccc(Cl)cc1Cl)N1CCN(C(c2ccc(F)cc2)c2ccc(F)cc2)CC1. The number of nitrogens with zero attached hydrogens (tertiary/aromatic N) is 2. The number of hydrogen-bond donors (Lipinski definition) is 0. The summed E-state index contributed by atoms with van der Waals surface area (Å²) in [5.41, 5.74) is 2.25. The zero-order chi connectivity index (χ0) is 22.0. The van der Waals surface area contributed by atoms with Gasteiger partial charge in [-0.15, -0.1) is 0 Å². The second kappa shape index (κ2) is 9.35. The first kappa shape index (κ1) is 21.8. The zero-order valence-corrected chi connectivity index (χ0v) is 18.1. The monoisotopic (exact) mass is 460 g/mol. The van der Waals surface area contributed by atoms with Gasteiger partial charge >= 0.3 is 0 Å². The van der Waals surface area contributed by atoms with Gasteiger partial charge in [-0.05, 0) is 53.6 Å². The highest BCUT2D eigenvalue weighted by Crippen LogP contribution is 2.31. The number of benzene rings is 3. The molecule has 1 saturated heterocycles. The van der Waals surface area contributed by atoms with Crippen molar-refractivity contribution in [1.82, 2.24) is 9.80 Å². The Hall–Kier alpha value is -2.47. The highest BCUT2D eigenvalue weighted by atomic mass is 35.5. The van der Waals surface area contributed by atoms with Gasteiger partial charge in [0.1, 0.15) is 11.6 Å². The van der Waals surface area contributed by atoms with Gasteiger partial charge in [0, 0.05) is 31.2 Å². The topological polar surface area (TPSA) is 23.6 Å². The van der Waals surface area contributed by atoms with Crippen molar-refractivity contribution in [3.05, 3.63) is 105 Å². The summed E-state index contributed by atoms with van der Waals surface area (Å²) < 4.78 is 27.0. The van der Waals surface area contributed by atoms with Gasteiger partial charge in [-0.1, -0.05) is 47.5 Å². The maximum absolute atomic E-state index is 13.5. The molecule has 1 aliphatic rings. The van der Waals surface area contributed by atoms with E-state index >= 15 is 0 Å². The van der Waals surface area contributed by atoms with Gasteiger partial charge in [-0.3, -0.25) is 9.69 Å². The molecule has 1 fully saturated rings. The van der Waals surface area contributed by atoms with Crippen LogP contribution in [-0.2, 0) is 0 Å². The Morgan fingerprint density at radius 1 is 0.774 bits per heavy atom. The summed E-state index contributed by atoms with van der Waals surface area (Å²) in [4.78, 5) is 16.9. The third-order valence-corrected chi connectivity index (χ3v) is 6.05. The molecule has 0 spiro atoms. The number of piperazine rings is 1. The Morgan fingerprint density at radius 2 is 1.29 bits per heavy atom. The van der Waals surface area contributed by atoms with E-state index in [0.29, 0.717) is 41.8 Å². The molecule has 0 bridgehead atoms. The first-order valence-electron chi connectivity index (χ1n) is 9.91. The molecule has 1 aliphatic heterocycles. The molecule has 160 valence electrons. The van der Waals surface area contributed by atoms with Crippen LogP contribution in [0.2, 0.25) is 10.0 Å². The summed E-state index contributed by atoms with van der Waals surface area (Å²) in [5, 5.41) is 0.809. The van der Waals surface area contributed by atoms with E-state index in [1.165, 1.54) is 24.3 Å². The normalized spacial score (nSPS) is 14.8. The molecule has 31 heavy (non-hydrogen) atoms. The van der Waals surface area contributed by atoms with E-state index in [4.69, 9.17) is 23.2 Å². The van der Waals surface area contributed by atoms with Crippen LogP contribution in [0.5, 0.6) is 0 Å². The molecule has 3 nitrogen and oxygen atoms in total. The van der Waals surface area contributed by atoms with Crippen LogP contribution >= 0.6 is 23.2 Å². The van der Waals surface area contributed by atoms with E-state index < -0.39 is 0 Å². The minimum absolute atomic E-state index is 0.138. The van der Waals surface area contributed by atoms with Gasteiger partial charge in [0.2, 0.25) is 0 Å². The number of halogens is 4. The van der Waals surface area contributed by atoms with E-state index in [-0.39, 0.29) is 23.6 Å². The molecule has 0 unspecified atom stereocenters. The van der Waals surface area contributed by atoms with Crippen molar-refractivity contribution in [3.63, 3.8) is 0 Å². The fourth-order valence-electron chi connectivity index (χ4n) is 3.92. The lowest BCUT2D eigenvalue weighted by atomic mass is 9.96. The lowest BCUT2D eigenvalue weighted by molar-refractivity contribution is 0.0597. The predicted octanol–water partition coefficient (Wildman–Crippen LogP) is 5.82. The summed E-state index contributed by atoms with van der Waals surface area (Å²) in [6.07, 6.45) is 0. The van der Waals surface area contributed by atoms with E-state index in [1.54, 1.807) is 47.4 Å². The van der Waals surface area contributed by atoms with E-state index in [0.717, 1.165) is 11.1 Å². The molecule has 0 aromatic heterocycles. The van der Waals surface area contributed by atoms with Crippen LogP contribution in [0.15, 0.2) is 66.7 Å². The number of carbonyl (C=O) groups is 1. The first-order valence-corrected chi connectivity index (χ1v) is 10.7. The van der Waals surface area contributed by atoms with Crippen molar-refractivity contribution >= 4 is 29.1 Å². The molecular weight excluding hydrogens is 441 g/mol. The highest BCUT2D eigenvalue weighted by Gasteiger charge is 2.29. The molecule has 0 atom stereocenters. The molecule has 1 heterocycles. The van der Waals surface area contributed by atoms with Crippen LogP contribution in [0.25, 0.3) is 0 Å². The van der Waals surface area contributed by atoms with E-state index in [9.17, 15) is 13.6 Å². The molecule has 0 saturated carbocycles. The van der Waals surface area contributed by atoms with Crippen LogP contribution in [0.3, 0.4) is 0 Å². The van der Waals surface area contributed by atoms with Crippen molar-refractivity contribution in [2.24, 2.45) is 0 Å². The van der Waals surface area contributed by atoms with Gasteiger partial charge < -0.3 is 4.90 Å². The summed E-state index contributed by atoms with van der Waals surface area (Å²) in [6.45, 7) is 2.24. The molecule has 0 N–H and O–H groups in total. The Morgan fingerprint density at radius 3 is 1.77 bits per heavy atom. The molecule has 4 rings (SSSR count). The molecule has 0 radical (unpaired) electrons. The second-order valence-electron chi connectivity index (χ2n) is 7.46. The predicted molar refractivity (Wildman–Crippen MR) is 119 cm³/mol. The lowest BCUT2D eigenvalue weighted by Gasteiger charge is -2.40. The Balaban J connectivity index is 1.54. The van der Waals surface area contributed by atoms with Crippen molar-refractivity contribution in [3.8, 4) is 0 Å². The minimum Gasteiger partial charge on any atom is -0.336 e. The van der Waals surface area contributed by atoms with Crippen molar-refractivity contribution in [2.75, 3.05) is 26.2 Å². The van der Waals surface area contributed by atoms with Gasteiger partial charge in [0.15, 0.2) is 0 Å². The van der Waals surface area contributed by atoms with Gasteiger partial charge in [0.25, 0.3) is 5.91 Å². The Kier molecular flexibility index (Phi) is 6.56. The molecular formula is C24H20Cl2F2N2O. The average molecular weight is 461 g/mol. The van der Waals surface area contributed by atoms with E-state index in [2.05, 4.69) is 4.90 Å².